The smallest absolute Gasteiger partial charge is 0.146 e. The zero-order valence-electron chi connectivity index (χ0n) is 10.7. The van der Waals surface area contributed by atoms with Crippen LogP contribution in [0.2, 0.25) is 0 Å². The first kappa shape index (κ1) is 13.5. The van der Waals surface area contributed by atoms with E-state index in [0.29, 0.717) is 5.56 Å². The zero-order valence-corrected chi connectivity index (χ0v) is 10.7. The summed E-state index contributed by atoms with van der Waals surface area (Å²) < 4.78 is 40.7. The molecule has 0 aliphatic rings. The molecule has 1 N–H and O–H groups in total. The van der Waals surface area contributed by atoms with Gasteiger partial charge in [0, 0.05) is 11.6 Å². The third-order valence-corrected chi connectivity index (χ3v) is 2.99. The molecule has 1 nitrogen and oxygen atoms in total. The summed E-state index contributed by atoms with van der Waals surface area (Å²) in [5.74, 6) is -1.43. The average molecular weight is 265 g/mol. The molecule has 0 spiro atoms. The molecule has 4 heteroatoms. The molecule has 0 heterocycles. The van der Waals surface area contributed by atoms with E-state index in [1.807, 2.05) is 0 Å². The predicted molar refractivity (Wildman–Crippen MR) is 69.5 cm³/mol. The molecule has 2 aromatic carbocycles. The second-order valence-corrected chi connectivity index (χ2v) is 4.47. The van der Waals surface area contributed by atoms with Crippen LogP contribution in [-0.4, -0.2) is 0 Å². The second-order valence-electron chi connectivity index (χ2n) is 4.47. The van der Waals surface area contributed by atoms with E-state index in [-0.39, 0.29) is 17.1 Å². The van der Waals surface area contributed by atoms with Crippen LogP contribution in [-0.2, 0) is 0 Å². The highest BCUT2D eigenvalue weighted by atomic mass is 19.1. The number of rotatable bonds is 3. The van der Waals surface area contributed by atoms with E-state index < -0.39 is 17.7 Å². The maximum atomic E-state index is 13.7. The van der Waals surface area contributed by atoms with Crippen molar-refractivity contribution in [2.24, 2.45) is 0 Å². The fraction of sp³-hybridized carbons (Fsp3) is 0.200. The molecule has 0 aliphatic heterocycles. The summed E-state index contributed by atoms with van der Waals surface area (Å²) in [6.07, 6.45) is 0. The van der Waals surface area contributed by atoms with E-state index in [2.05, 4.69) is 5.32 Å². The Morgan fingerprint density at radius 3 is 2.32 bits per heavy atom. The van der Waals surface area contributed by atoms with Gasteiger partial charge in [-0.3, -0.25) is 0 Å². The van der Waals surface area contributed by atoms with E-state index >= 15 is 0 Å². The highest BCUT2D eigenvalue weighted by Crippen LogP contribution is 2.25. The second kappa shape index (κ2) is 5.34. The standard InChI is InChI=1S/C15H14F3N/c1-9-7-14(18)15(8-13(9)17)19-10(2)11-5-3-4-6-12(11)16/h3-8,10,19H,1-2H3. The number of nitrogens with one attached hydrogen (secondary N) is 1. The number of aryl methyl sites for hydroxylation is 1. The minimum absolute atomic E-state index is 0.0267. The minimum Gasteiger partial charge on any atom is -0.376 e. The van der Waals surface area contributed by atoms with E-state index in [4.69, 9.17) is 0 Å². The summed E-state index contributed by atoms with van der Waals surface area (Å²) in [6, 6.07) is 7.96. The lowest BCUT2D eigenvalue weighted by Gasteiger charge is -2.17. The van der Waals surface area contributed by atoms with Crippen molar-refractivity contribution in [2.75, 3.05) is 5.32 Å². The van der Waals surface area contributed by atoms with Crippen LogP contribution in [0.5, 0.6) is 0 Å². The fourth-order valence-corrected chi connectivity index (χ4v) is 1.89. The van der Waals surface area contributed by atoms with Crippen molar-refractivity contribution in [1.82, 2.24) is 0 Å². The summed E-state index contributed by atoms with van der Waals surface area (Å²) in [5.41, 5.74) is 0.670. The first-order valence-corrected chi connectivity index (χ1v) is 5.95. The van der Waals surface area contributed by atoms with Gasteiger partial charge in [0.1, 0.15) is 17.5 Å². The van der Waals surface area contributed by atoms with Gasteiger partial charge in [0.2, 0.25) is 0 Å². The number of hydrogen-bond acceptors (Lipinski definition) is 1. The van der Waals surface area contributed by atoms with Crippen LogP contribution >= 0.6 is 0 Å². The van der Waals surface area contributed by atoms with Gasteiger partial charge in [0.05, 0.1) is 11.7 Å². The Morgan fingerprint density at radius 1 is 0.947 bits per heavy atom. The summed E-state index contributed by atoms with van der Waals surface area (Å²) >= 11 is 0. The molecular formula is C15H14F3N. The van der Waals surface area contributed by atoms with Gasteiger partial charge in [-0.05, 0) is 31.5 Å². The Kier molecular flexibility index (Phi) is 3.79. The van der Waals surface area contributed by atoms with Crippen LogP contribution in [0.15, 0.2) is 36.4 Å². The molecule has 0 amide bonds. The number of benzene rings is 2. The van der Waals surface area contributed by atoms with Crippen molar-refractivity contribution in [2.45, 2.75) is 19.9 Å². The summed E-state index contributed by atoms with van der Waals surface area (Å²) in [6.45, 7) is 3.18. The van der Waals surface area contributed by atoms with Gasteiger partial charge in [-0.15, -0.1) is 0 Å². The molecule has 0 radical (unpaired) electrons. The van der Waals surface area contributed by atoms with Crippen LogP contribution in [0.1, 0.15) is 24.1 Å². The Bertz CT molecular complexity index is 596. The van der Waals surface area contributed by atoms with E-state index in [0.717, 1.165) is 12.1 Å². The summed E-state index contributed by atoms with van der Waals surface area (Å²) in [4.78, 5) is 0. The Morgan fingerprint density at radius 2 is 1.63 bits per heavy atom. The van der Waals surface area contributed by atoms with Gasteiger partial charge >= 0.3 is 0 Å². The maximum absolute atomic E-state index is 13.7. The van der Waals surface area contributed by atoms with Crippen molar-refractivity contribution in [1.29, 1.82) is 0 Å². The molecule has 0 saturated heterocycles. The maximum Gasteiger partial charge on any atom is 0.146 e. The molecule has 100 valence electrons. The van der Waals surface area contributed by atoms with Crippen LogP contribution in [0.3, 0.4) is 0 Å². The molecule has 0 aliphatic carbocycles. The quantitative estimate of drug-likeness (QED) is 0.856. The molecule has 2 aromatic rings. The number of halogens is 3. The largest absolute Gasteiger partial charge is 0.376 e. The van der Waals surface area contributed by atoms with Gasteiger partial charge < -0.3 is 5.32 Å². The van der Waals surface area contributed by atoms with E-state index in [1.54, 1.807) is 25.1 Å². The minimum atomic E-state index is -0.554. The topological polar surface area (TPSA) is 12.0 Å². The molecule has 1 unspecified atom stereocenters. The average Bonchev–Trinajstić information content (AvgIpc) is 2.36. The van der Waals surface area contributed by atoms with Crippen molar-refractivity contribution in [3.63, 3.8) is 0 Å². The van der Waals surface area contributed by atoms with Gasteiger partial charge in [-0.25, -0.2) is 13.2 Å². The molecule has 0 saturated carbocycles. The van der Waals surface area contributed by atoms with E-state index in [9.17, 15) is 13.2 Å². The van der Waals surface area contributed by atoms with Crippen LogP contribution in [0.4, 0.5) is 18.9 Å². The lowest BCUT2D eigenvalue weighted by Crippen LogP contribution is -2.10. The van der Waals surface area contributed by atoms with Crippen molar-refractivity contribution < 1.29 is 13.2 Å². The third kappa shape index (κ3) is 2.89. The first-order valence-electron chi connectivity index (χ1n) is 5.95. The molecule has 0 bridgehead atoms. The monoisotopic (exact) mass is 265 g/mol. The molecule has 0 fully saturated rings. The van der Waals surface area contributed by atoms with Gasteiger partial charge in [0.15, 0.2) is 0 Å². The van der Waals surface area contributed by atoms with Gasteiger partial charge in [0.25, 0.3) is 0 Å². The lowest BCUT2D eigenvalue weighted by atomic mass is 10.1. The van der Waals surface area contributed by atoms with Crippen LogP contribution in [0.25, 0.3) is 0 Å². The summed E-state index contributed by atoms with van der Waals surface area (Å²) in [7, 11) is 0. The number of anilines is 1. The van der Waals surface area contributed by atoms with Crippen molar-refractivity contribution >= 4 is 5.69 Å². The highest BCUT2D eigenvalue weighted by Gasteiger charge is 2.13. The number of hydrogen-bond donors (Lipinski definition) is 1. The normalized spacial score (nSPS) is 12.3. The third-order valence-electron chi connectivity index (χ3n) is 2.99. The van der Waals surface area contributed by atoms with Crippen LogP contribution < -0.4 is 5.32 Å². The van der Waals surface area contributed by atoms with E-state index in [1.165, 1.54) is 13.0 Å². The van der Waals surface area contributed by atoms with Gasteiger partial charge in [-0.1, -0.05) is 18.2 Å². The van der Waals surface area contributed by atoms with Gasteiger partial charge in [-0.2, -0.15) is 0 Å². The summed E-state index contributed by atoms with van der Waals surface area (Å²) in [5, 5.41) is 2.78. The molecule has 1 atom stereocenters. The van der Waals surface area contributed by atoms with Crippen molar-refractivity contribution in [3.8, 4) is 0 Å². The first-order chi connectivity index (χ1) is 8.99. The zero-order chi connectivity index (χ0) is 14.0. The Balaban J connectivity index is 2.27. The van der Waals surface area contributed by atoms with Crippen LogP contribution in [0, 0.1) is 24.4 Å². The molecule has 2 rings (SSSR count). The van der Waals surface area contributed by atoms with Crippen molar-refractivity contribution in [3.05, 3.63) is 65.0 Å². The predicted octanol–water partition coefficient (Wildman–Crippen LogP) is 4.59. The molecule has 0 aromatic heterocycles. The fourth-order valence-electron chi connectivity index (χ4n) is 1.89. The lowest BCUT2D eigenvalue weighted by molar-refractivity contribution is 0.586. The SMILES string of the molecule is Cc1cc(F)c(NC(C)c2ccccc2F)cc1F. The Labute approximate surface area is 110 Å². The molecule has 19 heavy (non-hydrogen) atoms. The Hall–Kier alpha value is -1.97. The molecular weight excluding hydrogens is 251 g/mol. The highest BCUT2D eigenvalue weighted by molar-refractivity contribution is 5.48.